The second kappa shape index (κ2) is 4.28. The SMILES string of the molecule is Nc1ccccc1C1Cc2cc([N+](=O)[O-])ccc2N1. The van der Waals surface area contributed by atoms with Crippen molar-refractivity contribution >= 4 is 17.1 Å². The molecular weight excluding hydrogens is 242 g/mol. The lowest BCUT2D eigenvalue weighted by molar-refractivity contribution is -0.384. The highest BCUT2D eigenvalue weighted by Gasteiger charge is 2.25. The van der Waals surface area contributed by atoms with Gasteiger partial charge in [-0.25, -0.2) is 0 Å². The molecular formula is C14H13N3O2. The molecule has 96 valence electrons. The van der Waals surface area contributed by atoms with Crippen molar-refractivity contribution in [2.45, 2.75) is 12.5 Å². The van der Waals surface area contributed by atoms with Crippen molar-refractivity contribution in [3.05, 3.63) is 63.7 Å². The van der Waals surface area contributed by atoms with Gasteiger partial charge in [0.2, 0.25) is 0 Å². The molecule has 0 saturated heterocycles. The molecule has 5 nitrogen and oxygen atoms in total. The second-order valence-corrected chi connectivity index (χ2v) is 4.63. The second-order valence-electron chi connectivity index (χ2n) is 4.63. The average Bonchev–Trinajstić information content (AvgIpc) is 2.81. The van der Waals surface area contributed by atoms with E-state index in [2.05, 4.69) is 5.32 Å². The van der Waals surface area contributed by atoms with Crippen LogP contribution in [0, 0.1) is 10.1 Å². The Morgan fingerprint density at radius 3 is 2.79 bits per heavy atom. The average molecular weight is 255 g/mol. The van der Waals surface area contributed by atoms with E-state index in [1.807, 2.05) is 24.3 Å². The fourth-order valence-electron chi connectivity index (χ4n) is 2.48. The van der Waals surface area contributed by atoms with Crippen LogP contribution in [0.5, 0.6) is 0 Å². The highest BCUT2D eigenvalue weighted by atomic mass is 16.6. The van der Waals surface area contributed by atoms with E-state index >= 15 is 0 Å². The lowest BCUT2D eigenvalue weighted by Gasteiger charge is -2.13. The molecule has 3 rings (SSSR count). The summed E-state index contributed by atoms with van der Waals surface area (Å²) in [6.07, 6.45) is 0.714. The lowest BCUT2D eigenvalue weighted by Crippen LogP contribution is -2.08. The smallest absolute Gasteiger partial charge is 0.269 e. The summed E-state index contributed by atoms with van der Waals surface area (Å²) >= 11 is 0. The Morgan fingerprint density at radius 2 is 2.05 bits per heavy atom. The first-order valence-electron chi connectivity index (χ1n) is 6.03. The minimum Gasteiger partial charge on any atom is -0.398 e. The molecule has 0 bridgehead atoms. The van der Waals surface area contributed by atoms with Gasteiger partial charge in [0.15, 0.2) is 0 Å². The summed E-state index contributed by atoms with van der Waals surface area (Å²) in [5.41, 5.74) is 9.76. The van der Waals surface area contributed by atoms with Crippen LogP contribution in [0.15, 0.2) is 42.5 Å². The molecule has 0 spiro atoms. The molecule has 2 aromatic rings. The number of fused-ring (bicyclic) bond motifs is 1. The molecule has 1 unspecified atom stereocenters. The Hall–Kier alpha value is -2.56. The third-order valence-corrected chi connectivity index (χ3v) is 3.42. The van der Waals surface area contributed by atoms with Crippen molar-refractivity contribution in [3.63, 3.8) is 0 Å². The molecule has 1 heterocycles. The molecule has 0 radical (unpaired) electrons. The van der Waals surface area contributed by atoms with Gasteiger partial charge in [-0.15, -0.1) is 0 Å². The molecule has 0 fully saturated rings. The highest BCUT2D eigenvalue weighted by Crippen LogP contribution is 2.37. The number of non-ortho nitro benzene ring substituents is 1. The largest absolute Gasteiger partial charge is 0.398 e. The van der Waals surface area contributed by atoms with Crippen molar-refractivity contribution in [2.24, 2.45) is 0 Å². The number of hydrogen-bond acceptors (Lipinski definition) is 4. The van der Waals surface area contributed by atoms with Crippen LogP contribution < -0.4 is 11.1 Å². The number of nitro groups is 1. The van der Waals surface area contributed by atoms with Crippen molar-refractivity contribution < 1.29 is 4.92 Å². The predicted molar refractivity (Wildman–Crippen MR) is 74.0 cm³/mol. The van der Waals surface area contributed by atoms with Gasteiger partial charge in [-0.1, -0.05) is 18.2 Å². The minimum absolute atomic E-state index is 0.0817. The number of benzene rings is 2. The monoisotopic (exact) mass is 255 g/mol. The topological polar surface area (TPSA) is 81.2 Å². The van der Waals surface area contributed by atoms with E-state index in [0.29, 0.717) is 6.42 Å². The molecule has 5 heteroatoms. The number of rotatable bonds is 2. The third-order valence-electron chi connectivity index (χ3n) is 3.42. The van der Waals surface area contributed by atoms with Gasteiger partial charge in [-0.2, -0.15) is 0 Å². The van der Waals surface area contributed by atoms with Crippen LogP contribution in [-0.2, 0) is 6.42 Å². The van der Waals surface area contributed by atoms with Crippen LogP contribution in [0.25, 0.3) is 0 Å². The van der Waals surface area contributed by atoms with Gasteiger partial charge in [0.05, 0.1) is 11.0 Å². The Balaban J connectivity index is 1.92. The van der Waals surface area contributed by atoms with Crippen LogP contribution in [0.3, 0.4) is 0 Å². The van der Waals surface area contributed by atoms with Crippen LogP contribution in [0.4, 0.5) is 17.1 Å². The Kier molecular flexibility index (Phi) is 2.59. The first-order chi connectivity index (χ1) is 9.15. The number of para-hydroxylation sites is 1. The Labute approximate surface area is 110 Å². The normalized spacial score (nSPS) is 16.7. The van der Waals surface area contributed by atoms with E-state index < -0.39 is 0 Å². The fraction of sp³-hybridized carbons (Fsp3) is 0.143. The molecule has 19 heavy (non-hydrogen) atoms. The summed E-state index contributed by atoms with van der Waals surface area (Å²) in [5.74, 6) is 0. The van der Waals surface area contributed by atoms with Gasteiger partial charge in [-0.05, 0) is 29.7 Å². The molecule has 0 aromatic heterocycles. The number of nitrogens with one attached hydrogen (secondary N) is 1. The first kappa shape index (κ1) is 11.5. The number of nitrogens with two attached hydrogens (primary N) is 1. The van der Waals surface area contributed by atoms with Crippen molar-refractivity contribution in [3.8, 4) is 0 Å². The summed E-state index contributed by atoms with van der Waals surface area (Å²) in [5, 5.41) is 14.1. The molecule has 1 atom stereocenters. The number of anilines is 2. The third kappa shape index (κ3) is 1.99. The standard InChI is InChI=1S/C14H13N3O2/c15-12-4-2-1-3-11(12)14-8-9-7-10(17(18)19)5-6-13(9)16-14/h1-7,14,16H,8,15H2. The van der Waals surface area contributed by atoms with Crippen LogP contribution in [-0.4, -0.2) is 4.92 Å². The van der Waals surface area contributed by atoms with E-state index in [0.717, 1.165) is 22.5 Å². The zero-order valence-electron chi connectivity index (χ0n) is 10.2. The number of nitro benzene ring substituents is 1. The van der Waals surface area contributed by atoms with Crippen molar-refractivity contribution in [1.29, 1.82) is 0 Å². The van der Waals surface area contributed by atoms with Gasteiger partial charge in [0, 0.05) is 23.5 Å². The van der Waals surface area contributed by atoms with E-state index in [4.69, 9.17) is 5.73 Å². The van der Waals surface area contributed by atoms with E-state index in [-0.39, 0.29) is 16.7 Å². The van der Waals surface area contributed by atoms with E-state index in [1.165, 1.54) is 6.07 Å². The van der Waals surface area contributed by atoms with Crippen molar-refractivity contribution in [1.82, 2.24) is 0 Å². The van der Waals surface area contributed by atoms with E-state index in [9.17, 15) is 10.1 Å². The maximum Gasteiger partial charge on any atom is 0.269 e. The molecule has 1 aliphatic rings. The zero-order valence-corrected chi connectivity index (χ0v) is 10.2. The maximum absolute atomic E-state index is 10.8. The Bertz CT molecular complexity index is 655. The number of nitrogens with zero attached hydrogens (tertiary/aromatic N) is 1. The van der Waals surface area contributed by atoms with Crippen LogP contribution in [0.1, 0.15) is 17.2 Å². The van der Waals surface area contributed by atoms with Gasteiger partial charge < -0.3 is 11.1 Å². The summed E-state index contributed by atoms with van der Waals surface area (Å²) in [4.78, 5) is 10.4. The first-order valence-corrected chi connectivity index (χ1v) is 6.03. The van der Waals surface area contributed by atoms with Crippen LogP contribution in [0.2, 0.25) is 0 Å². The maximum atomic E-state index is 10.8. The predicted octanol–water partition coefficient (Wildman–Crippen LogP) is 2.89. The van der Waals surface area contributed by atoms with Gasteiger partial charge in [-0.3, -0.25) is 10.1 Å². The number of nitrogen functional groups attached to an aromatic ring is 1. The molecule has 3 N–H and O–H groups in total. The Morgan fingerprint density at radius 1 is 1.26 bits per heavy atom. The highest BCUT2D eigenvalue weighted by molar-refractivity contribution is 5.63. The quantitative estimate of drug-likeness (QED) is 0.491. The molecule has 1 aliphatic heterocycles. The zero-order chi connectivity index (χ0) is 13.4. The summed E-state index contributed by atoms with van der Waals surface area (Å²) < 4.78 is 0. The summed E-state index contributed by atoms with van der Waals surface area (Å²) in [7, 11) is 0. The molecule has 2 aromatic carbocycles. The number of hydrogen-bond donors (Lipinski definition) is 2. The molecule has 0 saturated carbocycles. The van der Waals surface area contributed by atoms with Crippen molar-refractivity contribution in [2.75, 3.05) is 11.1 Å². The van der Waals surface area contributed by atoms with Gasteiger partial charge in [0.25, 0.3) is 5.69 Å². The van der Waals surface area contributed by atoms with Crippen LogP contribution >= 0.6 is 0 Å². The fourth-order valence-corrected chi connectivity index (χ4v) is 2.48. The lowest BCUT2D eigenvalue weighted by atomic mass is 10.0. The van der Waals surface area contributed by atoms with Gasteiger partial charge in [0.1, 0.15) is 0 Å². The van der Waals surface area contributed by atoms with E-state index in [1.54, 1.807) is 12.1 Å². The molecule has 0 amide bonds. The summed E-state index contributed by atoms with van der Waals surface area (Å²) in [6, 6.07) is 12.7. The minimum atomic E-state index is -0.371. The summed E-state index contributed by atoms with van der Waals surface area (Å²) in [6.45, 7) is 0. The van der Waals surface area contributed by atoms with Gasteiger partial charge >= 0.3 is 0 Å². The molecule has 0 aliphatic carbocycles.